The van der Waals surface area contributed by atoms with E-state index in [0.717, 1.165) is 21.5 Å². The van der Waals surface area contributed by atoms with Crippen LogP contribution in [0.3, 0.4) is 0 Å². The molecule has 3 N–H and O–H groups in total. The molecule has 1 saturated carbocycles. The number of carbonyl (C=O) groups is 2. The standard InChI is InChI=1S/C26H26N4O4S/c1-35-20-6-4-17(5-7-20)18-2-3-19-15-22(34-21(19)14-18)23(31)29-26(10-12-33-13-11-26)24(32)30(28)25(16-27)8-9-25/h2-7,14-15H,8-13,28H2,1H3,(H,29,31). The minimum Gasteiger partial charge on any atom is -0.451 e. The van der Waals surface area contributed by atoms with E-state index in [2.05, 4.69) is 35.7 Å². The minimum absolute atomic E-state index is 0.110. The molecule has 1 aromatic heterocycles. The third-order valence-corrected chi connectivity index (χ3v) is 7.63. The van der Waals surface area contributed by atoms with Gasteiger partial charge in [0.15, 0.2) is 5.76 Å². The van der Waals surface area contributed by atoms with Crippen LogP contribution in [0.25, 0.3) is 22.1 Å². The predicted octanol–water partition coefficient (Wildman–Crippen LogP) is 3.86. The number of amides is 2. The summed E-state index contributed by atoms with van der Waals surface area (Å²) in [5.74, 6) is 5.23. The number of hydrogen-bond donors (Lipinski definition) is 2. The molecule has 1 aliphatic heterocycles. The minimum atomic E-state index is -1.25. The summed E-state index contributed by atoms with van der Waals surface area (Å²) in [5, 5.41) is 14.1. The zero-order valence-electron chi connectivity index (χ0n) is 19.4. The van der Waals surface area contributed by atoms with Crippen LogP contribution in [0, 0.1) is 11.3 Å². The molecule has 2 aromatic carbocycles. The van der Waals surface area contributed by atoms with Crippen molar-refractivity contribution in [2.45, 2.75) is 41.7 Å². The lowest BCUT2D eigenvalue weighted by atomic mass is 9.88. The summed E-state index contributed by atoms with van der Waals surface area (Å²) >= 11 is 1.68. The van der Waals surface area contributed by atoms with Gasteiger partial charge < -0.3 is 14.5 Å². The summed E-state index contributed by atoms with van der Waals surface area (Å²) in [6.07, 6.45) is 3.62. The molecule has 5 rings (SSSR count). The van der Waals surface area contributed by atoms with Crippen LogP contribution in [0.5, 0.6) is 0 Å². The van der Waals surface area contributed by atoms with Crippen molar-refractivity contribution in [2.75, 3.05) is 19.5 Å². The highest BCUT2D eigenvalue weighted by molar-refractivity contribution is 7.98. The summed E-state index contributed by atoms with van der Waals surface area (Å²) in [5.41, 5.74) is 0.369. The number of rotatable bonds is 6. The molecule has 0 atom stereocenters. The summed E-state index contributed by atoms with van der Waals surface area (Å²) in [6, 6.07) is 17.8. The molecular weight excluding hydrogens is 464 g/mol. The molecule has 180 valence electrons. The quantitative estimate of drug-likeness (QED) is 0.233. The van der Waals surface area contributed by atoms with Gasteiger partial charge in [-0.25, -0.2) is 5.84 Å². The van der Waals surface area contributed by atoms with Gasteiger partial charge >= 0.3 is 0 Å². The normalized spacial score (nSPS) is 18.0. The van der Waals surface area contributed by atoms with Gasteiger partial charge in [-0.15, -0.1) is 11.8 Å². The van der Waals surface area contributed by atoms with Crippen molar-refractivity contribution in [2.24, 2.45) is 5.84 Å². The molecule has 2 amide bonds. The highest BCUT2D eigenvalue weighted by atomic mass is 32.2. The smallest absolute Gasteiger partial charge is 0.287 e. The van der Waals surface area contributed by atoms with Crippen molar-refractivity contribution in [3.8, 4) is 17.2 Å². The predicted molar refractivity (Wildman–Crippen MR) is 132 cm³/mol. The zero-order valence-corrected chi connectivity index (χ0v) is 20.2. The van der Waals surface area contributed by atoms with Crippen LogP contribution >= 0.6 is 11.8 Å². The molecular formula is C26H26N4O4S. The number of hydrogen-bond acceptors (Lipinski definition) is 7. The molecule has 35 heavy (non-hydrogen) atoms. The maximum absolute atomic E-state index is 13.4. The Labute approximate surface area is 207 Å². The maximum atomic E-state index is 13.4. The van der Waals surface area contributed by atoms with Crippen LogP contribution in [0.4, 0.5) is 0 Å². The van der Waals surface area contributed by atoms with Crippen LogP contribution in [0.2, 0.25) is 0 Å². The molecule has 1 aliphatic carbocycles. The number of thioether (sulfide) groups is 1. The van der Waals surface area contributed by atoms with Gasteiger partial charge in [0.05, 0.1) is 6.07 Å². The molecule has 2 aliphatic rings. The SMILES string of the molecule is CSc1ccc(-c2ccc3cc(C(=O)NC4(C(=O)N(N)C5(C#N)CC5)CCOCC4)oc3c2)cc1. The number of fused-ring (bicyclic) bond motifs is 1. The van der Waals surface area contributed by atoms with Gasteiger partial charge in [-0.1, -0.05) is 24.3 Å². The highest BCUT2D eigenvalue weighted by Crippen LogP contribution is 2.41. The first kappa shape index (κ1) is 23.4. The first-order chi connectivity index (χ1) is 16.9. The van der Waals surface area contributed by atoms with Gasteiger partial charge in [-0.3, -0.25) is 14.6 Å². The van der Waals surface area contributed by atoms with Crippen LogP contribution in [-0.4, -0.2) is 47.4 Å². The van der Waals surface area contributed by atoms with Gasteiger partial charge in [-0.05, 0) is 54.5 Å². The number of ether oxygens (including phenoxy) is 1. The molecule has 0 spiro atoms. The van der Waals surface area contributed by atoms with Gasteiger partial charge in [0.2, 0.25) is 0 Å². The number of hydrazine groups is 1. The lowest BCUT2D eigenvalue weighted by Gasteiger charge is -2.39. The number of furan rings is 1. The number of nitriles is 1. The average molecular weight is 491 g/mol. The van der Waals surface area contributed by atoms with Gasteiger partial charge in [0.1, 0.15) is 16.7 Å². The number of nitrogens with one attached hydrogen (secondary N) is 1. The summed E-state index contributed by atoms with van der Waals surface area (Å²) in [6.45, 7) is 0.608. The van der Waals surface area contributed by atoms with Crippen LogP contribution in [0.15, 0.2) is 57.8 Å². The monoisotopic (exact) mass is 490 g/mol. The van der Waals surface area contributed by atoms with Gasteiger partial charge in [-0.2, -0.15) is 5.26 Å². The molecule has 0 bridgehead atoms. The molecule has 2 fully saturated rings. The Morgan fingerprint density at radius 1 is 1.06 bits per heavy atom. The Morgan fingerprint density at radius 3 is 2.37 bits per heavy atom. The Balaban J connectivity index is 1.40. The summed E-state index contributed by atoms with van der Waals surface area (Å²) in [7, 11) is 0. The van der Waals surface area contributed by atoms with E-state index in [9.17, 15) is 14.9 Å². The molecule has 9 heteroatoms. The van der Waals surface area contributed by atoms with Crippen LogP contribution in [0.1, 0.15) is 36.2 Å². The molecule has 0 radical (unpaired) electrons. The maximum Gasteiger partial charge on any atom is 0.287 e. The van der Waals surface area contributed by atoms with E-state index in [1.54, 1.807) is 17.8 Å². The average Bonchev–Trinajstić information content (AvgIpc) is 3.59. The van der Waals surface area contributed by atoms with E-state index in [4.69, 9.17) is 15.0 Å². The van der Waals surface area contributed by atoms with Crippen molar-refractivity contribution in [1.82, 2.24) is 10.3 Å². The summed E-state index contributed by atoms with van der Waals surface area (Å²) < 4.78 is 11.3. The fourth-order valence-electron chi connectivity index (χ4n) is 4.45. The van der Waals surface area contributed by atoms with Crippen molar-refractivity contribution in [3.63, 3.8) is 0 Å². The molecule has 2 heterocycles. The first-order valence-corrected chi connectivity index (χ1v) is 12.7. The first-order valence-electron chi connectivity index (χ1n) is 11.5. The number of nitrogens with two attached hydrogens (primary N) is 1. The fourth-order valence-corrected chi connectivity index (χ4v) is 4.86. The number of carbonyl (C=O) groups excluding carboxylic acids is 2. The molecule has 0 unspecified atom stereocenters. The van der Waals surface area contributed by atoms with E-state index >= 15 is 0 Å². The topological polar surface area (TPSA) is 122 Å². The third kappa shape index (κ3) is 4.29. The summed E-state index contributed by atoms with van der Waals surface area (Å²) in [4.78, 5) is 27.8. The van der Waals surface area contributed by atoms with Crippen LogP contribution in [-0.2, 0) is 9.53 Å². The zero-order chi connectivity index (χ0) is 24.6. The van der Waals surface area contributed by atoms with Crippen molar-refractivity contribution in [1.29, 1.82) is 5.26 Å². The van der Waals surface area contributed by atoms with Crippen molar-refractivity contribution in [3.05, 3.63) is 54.3 Å². The Bertz CT molecular complexity index is 1320. The third-order valence-electron chi connectivity index (χ3n) is 6.89. The number of nitrogens with zero attached hydrogens (tertiary/aromatic N) is 2. The Kier molecular flexibility index (Phi) is 6.05. The van der Waals surface area contributed by atoms with Gasteiger partial charge in [0, 0.05) is 36.3 Å². The van der Waals surface area contributed by atoms with E-state index < -0.39 is 22.9 Å². The second-order valence-electron chi connectivity index (χ2n) is 9.06. The highest BCUT2D eigenvalue weighted by Gasteiger charge is 2.55. The van der Waals surface area contributed by atoms with Crippen LogP contribution < -0.4 is 11.2 Å². The molecule has 1 saturated heterocycles. The van der Waals surface area contributed by atoms with E-state index in [0.29, 0.717) is 31.6 Å². The second-order valence-corrected chi connectivity index (χ2v) is 9.94. The number of benzene rings is 2. The van der Waals surface area contributed by atoms with Crippen molar-refractivity contribution >= 4 is 34.5 Å². The lowest BCUT2D eigenvalue weighted by molar-refractivity contribution is -0.144. The van der Waals surface area contributed by atoms with E-state index in [-0.39, 0.29) is 18.6 Å². The molecule has 3 aromatic rings. The molecule has 8 nitrogen and oxygen atoms in total. The lowest BCUT2D eigenvalue weighted by Crippen LogP contribution is -2.65. The van der Waals surface area contributed by atoms with E-state index in [1.807, 2.05) is 24.5 Å². The fraction of sp³-hybridized carbons (Fsp3) is 0.346. The Morgan fingerprint density at radius 2 is 1.74 bits per heavy atom. The van der Waals surface area contributed by atoms with Crippen molar-refractivity contribution < 1.29 is 18.7 Å². The Hall–Kier alpha value is -3.32. The second kappa shape index (κ2) is 9.04. The largest absolute Gasteiger partial charge is 0.451 e. The van der Waals surface area contributed by atoms with Gasteiger partial charge in [0.25, 0.3) is 11.8 Å². The van der Waals surface area contributed by atoms with E-state index in [1.165, 1.54) is 4.90 Å².